The van der Waals surface area contributed by atoms with Crippen LogP contribution in [0, 0.1) is 3.57 Å². The molecule has 0 radical (unpaired) electrons. The molecule has 0 bridgehead atoms. The van der Waals surface area contributed by atoms with Crippen molar-refractivity contribution in [2.24, 2.45) is 0 Å². The first kappa shape index (κ1) is 18.8. The van der Waals surface area contributed by atoms with Crippen molar-refractivity contribution in [3.05, 3.63) is 81.7 Å². The molecule has 7 heteroatoms. The van der Waals surface area contributed by atoms with Gasteiger partial charge in [-0.15, -0.1) is 0 Å². The van der Waals surface area contributed by atoms with E-state index in [1.165, 1.54) is 13.3 Å². The number of halogens is 1. The molecule has 0 saturated carbocycles. The Morgan fingerprint density at radius 1 is 0.963 bits per heavy atom. The minimum atomic E-state index is -0.294. The van der Waals surface area contributed by atoms with Crippen LogP contribution in [0.4, 0.5) is 11.4 Å². The van der Waals surface area contributed by atoms with Gasteiger partial charge in [0.05, 0.1) is 18.4 Å². The summed E-state index contributed by atoms with van der Waals surface area (Å²) in [7, 11) is 1.50. The first-order valence-electron chi connectivity index (χ1n) is 8.03. The van der Waals surface area contributed by atoms with Crippen LogP contribution in [0.3, 0.4) is 0 Å². The Labute approximate surface area is 170 Å². The standard InChI is InChI=1S/C20H16IN3O3/c1-27-18-11-16(23-19(25)13-4-2-6-15(21)10-13)7-8-17(18)24-20(26)14-5-3-9-22-12-14/h2-12H,1H3,(H,23,25)(H,24,26). The van der Waals surface area contributed by atoms with Gasteiger partial charge in [-0.3, -0.25) is 14.6 Å². The molecule has 2 aromatic carbocycles. The molecule has 136 valence electrons. The van der Waals surface area contributed by atoms with E-state index in [1.54, 1.807) is 48.7 Å². The maximum Gasteiger partial charge on any atom is 0.257 e. The van der Waals surface area contributed by atoms with Gasteiger partial charge in [0.1, 0.15) is 5.75 Å². The molecule has 2 amide bonds. The van der Waals surface area contributed by atoms with Crippen molar-refractivity contribution in [3.8, 4) is 5.75 Å². The summed E-state index contributed by atoms with van der Waals surface area (Å²) in [4.78, 5) is 28.6. The van der Waals surface area contributed by atoms with E-state index in [1.807, 2.05) is 12.1 Å². The number of nitrogens with zero attached hydrogens (tertiary/aromatic N) is 1. The van der Waals surface area contributed by atoms with Crippen LogP contribution < -0.4 is 15.4 Å². The van der Waals surface area contributed by atoms with Gasteiger partial charge in [-0.05, 0) is 65.1 Å². The van der Waals surface area contributed by atoms with Gasteiger partial charge < -0.3 is 15.4 Å². The Morgan fingerprint density at radius 3 is 2.44 bits per heavy atom. The number of rotatable bonds is 5. The van der Waals surface area contributed by atoms with Crippen molar-refractivity contribution in [1.82, 2.24) is 4.98 Å². The third kappa shape index (κ3) is 4.82. The lowest BCUT2D eigenvalue weighted by Crippen LogP contribution is -2.14. The monoisotopic (exact) mass is 473 g/mol. The summed E-state index contributed by atoms with van der Waals surface area (Å²) in [5.74, 6) is -0.0764. The average molecular weight is 473 g/mol. The lowest BCUT2D eigenvalue weighted by Gasteiger charge is -2.13. The van der Waals surface area contributed by atoms with E-state index in [2.05, 4.69) is 38.2 Å². The van der Waals surface area contributed by atoms with Gasteiger partial charge >= 0.3 is 0 Å². The second kappa shape index (κ2) is 8.63. The Balaban J connectivity index is 1.76. The van der Waals surface area contributed by atoms with E-state index >= 15 is 0 Å². The molecule has 0 aliphatic rings. The van der Waals surface area contributed by atoms with Crippen molar-refractivity contribution in [3.63, 3.8) is 0 Å². The number of hydrogen-bond donors (Lipinski definition) is 2. The molecule has 6 nitrogen and oxygen atoms in total. The quantitative estimate of drug-likeness (QED) is 0.545. The summed E-state index contributed by atoms with van der Waals surface area (Å²) < 4.78 is 6.32. The largest absolute Gasteiger partial charge is 0.494 e. The highest BCUT2D eigenvalue weighted by molar-refractivity contribution is 14.1. The minimum Gasteiger partial charge on any atom is -0.494 e. The van der Waals surface area contributed by atoms with Crippen molar-refractivity contribution < 1.29 is 14.3 Å². The van der Waals surface area contributed by atoms with Crippen molar-refractivity contribution in [1.29, 1.82) is 0 Å². The lowest BCUT2D eigenvalue weighted by atomic mass is 10.2. The maximum absolute atomic E-state index is 12.4. The zero-order valence-corrected chi connectivity index (χ0v) is 16.6. The van der Waals surface area contributed by atoms with Crippen LogP contribution in [-0.2, 0) is 0 Å². The van der Waals surface area contributed by atoms with Gasteiger partial charge in [0.15, 0.2) is 0 Å². The number of carbonyl (C=O) groups excluding carboxylic acids is 2. The second-order valence-electron chi connectivity index (χ2n) is 5.58. The van der Waals surface area contributed by atoms with Crippen LogP contribution in [0.2, 0.25) is 0 Å². The SMILES string of the molecule is COc1cc(NC(=O)c2cccc(I)c2)ccc1NC(=O)c1cccnc1. The normalized spacial score (nSPS) is 10.1. The number of hydrogen-bond acceptors (Lipinski definition) is 4. The van der Waals surface area contributed by atoms with Crippen LogP contribution >= 0.6 is 22.6 Å². The second-order valence-corrected chi connectivity index (χ2v) is 6.82. The Morgan fingerprint density at radius 2 is 1.74 bits per heavy atom. The third-order valence-electron chi connectivity index (χ3n) is 3.72. The van der Waals surface area contributed by atoms with E-state index in [9.17, 15) is 9.59 Å². The van der Waals surface area contributed by atoms with E-state index in [0.717, 1.165) is 3.57 Å². The summed E-state index contributed by atoms with van der Waals surface area (Å²) in [6, 6.07) is 15.7. The highest BCUT2D eigenvalue weighted by Gasteiger charge is 2.12. The number of nitrogens with one attached hydrogen (secondary N) is 2. The van der Waals surface area contributed by atoms with Gasteiger partial charge in [-0.25, -0.2) is 0 Å². The number of anilines is 2. The number of carbonyl (C=O) groups is 2. The molecular weight excluding hydrogens is 457 g/mol. The molecular formula is C20H16IN3O3. The summed E-state index contributed by atoms with van der Waals surface area (Å²) >= 11 is 2.16. The predicted octanol–water partition coefficient (Wildman–Crippen LogP) is 4.20. The molecule has 0 unspecified atom stereocenters. The molecule has 0 spiro atoms. The average Bonchev–Trinajstić information content (AvgIpc) is 2.69. The topological polar surface area (TPSA) is 80.3 Å². The first-order chi connectivity index (χ1) is 13.1. The molecule has 3 rings (SSSR count). The van der Waals surface area contributed by atoms with E-state index < -0.39 is 0 Å². The number of benzene rings is 2. The molecule has 2 N–H and O–H groups in total. The summed E-state index contributed by atoms with van der Waals surface area (Å²) in [6.07, 6.45) is 3.08. The number of aromatic nitrogens is 1. The number of methoxy groups -OCH3 is 1. The van der Waals surface area contributed by atoms with Gasteiger partial charge in [0, 0.05) is 33.3 Å². The fraction of sp³-hybridized carbons (Fsp3) is 0.0500. The number of ether oxygens (including phenoxy) is 1. The molecule has 27 heavy (non-hydrogen) atoms. The molecule has 3 aromatic rings. The lowest BCUT2D eigenvalue weighted by molar-refractivity contribution is 0.101. The van der Waals surface area contributed by atoms with Gasteiger partial charge in [-0.2, -0.15) is 0 Å². The maximum atomic E-state index is 12.4. The minimum absolute atomic E-state index is 0.220. The molecule has 1 heterocycles. The Hall–Kier alpha value is -2.94. The summed E-state index contributed by atoms with van der Waals surface area (Å²) in [6.45, 7) is 0. The molecule has 0 fully saturated rings. The van der Waals surface area contributed by atoms with Crippen molar-refractivity contribution in [2.75, 3.05) is 17.7 Å². The smallest absolute Gasteiger partial charge is 0.257 e. The zero-order valence-electron chi connectivity index (χ0n) is 14.4. The van der Waals surface area contributed by atoms with E-state index in [-0.39, 0.29) is 11.8 Å². The van der Waals surface area contributed by atoms with Crippen LogP contribution in [0.5, 0.6) is 5.75 Å². The van der Waals surface area contributed by atoms with Crippen molar-refractivity contribution in [2.45, 2.75) is 0 Å². The first-order valence-corrected chi connectivity index (χ1v) is 9.11. The van der Waals surface area contributed by atoms with E-state index in [4.69, 9.17) is 4.74 Å². The summed E-state index contributed by atoms with van der Waals surface area (Å²) in [5, 5.41) is 5.61. The highest BCUT2D eigenvalue weighted by atomic mass is 127. The number of amides is 2. The summed E-state index contributed by atoms with van der Waals surface area (Å²) in [5.41, 5.74) is 2.07. The molecule has 0 saturated heterocycles. The Bertz CT molecular complexity index is 977. The fourth-order valence-electron chi connectivity index (χ4n) is 2.40. The van der Waals surface area contributed by atoms with Crippen LogP contribution in [-0.4, -0.2) is 23.9 Å². The molecule has 1 aromatic heterocycles. The Kier molecular flexibility index (Phi) is 6.02. The number of pyridine rings is 1. The van der Waals surface area contributed by atoms with Crippen LogP contribution in [0.1, 0.15) is 20.7 Å². The highest BCUT2D eigenvalue weighted by Crippen LogP contribution is 2.28. The van der Waals surface area contributed by atoms with Crippen molar-refractivity contribution >= 4 is 45.8 Å². The van der Waals surface area contributed by atoms with Gasteiger partial charge in [-0.1, -0.05) is 6.07 Å². The fourth-order valence-corrected chi connectivity index (χ4v) is 2.94. The van der Waals surface area contributed by atoms with E-state index in [0.29, 0.717) is 28.3 Å². The molecule has 0 atom stereocenters. The zero-order chi connectivity index (χ0) is 19.2. The predicted molar refractivity (Wildman–Crippen MR) is 112 cm³/mol. The molecule has 0 aliphatic carbocycles. The van der Waals surface area contributed by atoms with Gasteiger partial charge in [0.25, 0.3) is 11.8 Å². The van der Waals surface area contributed by atoms with Crippen LogP contribution in [0.15, 0.2) is 67.0 Å². The molecule has 0 aliphatic heterocycles. The third-order valence-corrected chi connectivity index (χ3v) is 4.39. The van der Waals surface area contributed by atoms with Gasteiger partial charge in [0.2, 0.25) is 0 Å². The van der Waals surface area contributed by atoms with Crippen LogP contribution in [0.25, 0.3) is 0 Å².